The predicted octanol–water partition coefficient (Wildman–Crippen LogP) is 4.10. The van der Waals surface area contributed by atoms with Crippen LogP contribution in [0.4, 0.5) is 0 Å². The number of rotatable bonds is 6. The molecule has 6 nitrogen and oxygen atoms in total. The van der Waals surface area contributed by atoms with Gasteiger partial charge in [0, 0.05) is 13.1 Å². The molecule has 2 aromatic rings. The Bertz CT molecular complexity index is 899. The number of hydrogen-bond acceptors (Lipinski definition) is 4. The van der Waals surface area contributed by atoms with E-state index < -0.39 is 0 Å². The first-order valence-corrected chi connectivity index (χ1v) is 10.9. The van der Waals surface area contributed by atoms with Gasteiger partial charge in [-0.3, -0.25) is 9.59 Å². The van der Waals surface area contributed by atoms with E-state index in [1.807, 2.05) is 30.7 Å². The molecule has 2 heterocycles. The number of hydrogen-bond donors (Lipinski definition) is 0. The molecular formula is C24H33N3O3. The zero-order valence-corrected chi connectivity index (χ0v) is 18.8. The fraction of sp³-hybridized carbons (Fsp3) is 0.542. The van der Waals surface area contributed by atoms with Crippen LogP contribution in [0.25, 0.3) is 5.69 Å². The van der Waals surface area contributed by atoms with Crippen LogP contribution in [0.1, 0.15) is 60.9 Å². The van der Waals surface area contributed by atoms with Crippen LogP contribution < -0.4 is 0 Å². The molecule has 1 amide bonds. The molecule has 1 saturated heterocycles. The number of piperidine rings is 1. The normalized spacial score (nSPS) is 16.7. The molecule has 0 aliphatic carbocycles. The topological polar surface area (TPSA) is 64.4 Å². The van der Waals surface area contributed by atoms with Gasteiger partial charge in [0.25, 0.3) is 5.91 Å². The Morgan fingerprint density at radius 1 is 1.20 bits per heavy atom. The molecular weight excluding hydrogens is 378 g/mol. The summed E-state index contributed by atoms with van der Waals surface area (Å²) in [5.74, 6) is -0.102. The molecule has 1 aliphatic rings. The quantitative estimate of drug-likeness (QED) is 0.671. The number of amides is 1. The van der Waals surface area contributed by atoms with Gasteiger partial charge in [0.05, 0.1) is 35.2 Å². The number of esters is 1. The summed E-state index contributed by atoms with van der Waals surface area (Å²) in [5, 5.41) is 4.83. The maximum atomic E-state index is 13.6. The van der Waals surface area contributed by atoms with Crippen molar-refractivity contribution in [1.82, 2.24) is 14.7 Å². The zero-order chi connectivity index (χ0) is 21.8. The number of likely N-dealkylation sites (tertiary alicyclic amines) is 1. The highest BCUT2D eigenvalue weighted by atomic mass is 16.5. The van der Waals surface area contributed by atoms with Crippen molar-refractivity contribution in [3.8, 4) is 5.69 Å². The van der Waals surface area contributed by atoms with Crippen molar-refractivity contribution in [3.63, 3.8) is 0 Å². The largest absolute Gasteiger partial charge is 0.466 e. The van der Waals surface area contributed by atoms with Crippen LogP contribution in [0.15, 0.2) is 24.3 Å². The summed E-state index contributed by atoms with van der Waals surface area (Å²) >= 11 is 0. The molecule has 0 saturated carbocycles. The van der Waals surface area contributed by atoms with Crippen LogP contribution in [0, 0.1) is 25.7 Å². The van der Waals surface area contributed by atoms with Crippen molar-refractivity contribution in [2.45, 2.75) is 53.9 Å². The lowest BCUT2D eigenvalue weighted by atomic mass is 9.96. The van der Waals surface area contributed by atoms with Crippen LogP contribution in [0.3, 0.4) is 0 Å². The first kappa shape index (κ1) is 22.1. The van der Waals surface area contributed by atoms with Gasteiger partial charge in [-0.25, -0.2) is 4.68 Å². The molecule has 1 aliphatic heterocycles. The molecule has 1 aromatic heterocycles. The number of carbonyl (C=O) groups is 2. The van der Waals surface area contributed by atoms with Crippen molar-refractivity contribution in [1.29, 1.82) is 0 Å². The molecule has 30 heavy (non-hydrogen) atoms. The average Bonchev–Trinajstić information content (AvgIpc) is 3.03. The summed E-state index contributed by atoms with van der Waals surface area (Å²) in [6.45, 7) is 11.5. The van der Waals surface area contributed by atoms with Crippen LogP contribution >= 0.6 is 0 Å². The molecule has 1 aromatic carbocycles. The Morgan fingerprint density at radius 2 is 1.90 bits per heavy atom. The Kier molecular flexibility index (Phi) is 6.95. The van der Waals surface area contributed by atoms with E-state index in [1.54, 1.807) is 4.90 Å². The Labute approximate surface area is 179 Å². The highest BCUT2D eigenvalue weighted by Gasteiger charge is 2.33. The molecule has 1 unspecified atom stereocenters. The molecule has 162 valence electrons. The lowest BCUT2D eigenvalue weighted by Crippen LogP contribution is -2.43. The summed E-state index contributed by atoms with van der Waals surface area (Å²) in [7, 11) is 0. The van der Waals surface area contributed by atoms with Gasteiger partial charge in [0.2, 0.25) is 0 Å². The second-order valence-electron chi connectivity index (χ2n) is 8.59. The van der Waals surface area contributed by atoms with E-state index in [2.05, 4.69) is 32.9 Å². The molecule has 1 atom stereocenters. The third kappa shape index (κ3) is 4.74. The minimum absolute atomic E-state index is 0.0319. The molecule has 0 N–H and O–H groups in total. The van der Waals surface area contributed by atoms with Crippen molar-refractivity contribution >= 4 is 11.9 Å². The van der Waals surface area contributed by atoms with Gasteiger partial charge in [0.1, 0.15) is 0 Å². The van der Waals surface area contributed by atoms with E-state index in [0.29, 0.717) is 31.2 Å². The number of nitrogens with zero attached hydrogens (tertiary/aromatic N) is 3. The Balaban J connectivity index is 1.93. The van der Waals surface area contributed by atoms with Gasteiger partial charge in [-0.1, -0.05) is 31.5 Å². The summed E-state index contributed by atoms with van der Waals surface area (Å²) in [4.78, 5) is 27.6. The van der Waals surface area contributed by atoms with Crippen molar-refractivity contribution < 1.29 is 14.3 Å². The standard InChI is InChI=1S/C24H33N3O3/c1-6-30-24(29)19-8-7-13-26(15-19)23(28)22-18(5)27(25-21(22)14-16(2)3)20-11-9-17(4)10-12-20/h9-12,16,19H,6-8,13-15H2,1-5H3. The van der Waals surface area contributed by atoms with Crippen LogP contribution in [-0.2, 0) is 16.0 Å². The number of aryl methyl sites for hydroxylation is 1. The number of carbonyl (C=O) groups excluding carboxylic acids is 2. The number of aromatic nitrogens is 2. The van der Waals surface area contributed by atoms with Crippen molar-refractivity contribution in [2.75, 3.05) is 19.7 Å². The second-order valence-corrected chi connectivity index (χ2v) is 8.59. The highest BCUT2D eigenvalue weighted by molar-refractivity contribution is 5.97. The third-order valence-electron chi connectivity index (χ3n) is 5.61. The highest BCUT2D eigenvalue weighted by Crippen LogP contribution is 2.26. The van der Waals surface area contributed by atoms with Gasteiger partial charge < -0.3 is 9.64 Å². The summed E-state index contributed by atoms with van der Waals surface area (Å²) in [6.07, 6.45) is 2.30. The van der Waals surface area contributed by atoms with Gasteiger partial charge in [-0.15, -0.1) is 0 Å². The average molecular weight is 412 g/mol. The van der Waals surface area contributed by atoms with Gasteiger partial charge in [-0.2, -0.15) is 5.10 Å². The molecule has 0 bridgehead atoms. The predicted molar refractivity (Wildman–Crippen MR) is 117 cm³/mol. The summed E-state index contributed by atoms with van der Waals surface area (Å²) in [6, 6.07) is 8.16. The summed E-state index contributed by atoms with van der Waals surface area (Å²) in [5.41, 5.74) is 4.48. The maximum Gasteiger partial charge on any atom is 0.310 e. The summed E-state index contributed by atoms with van der Waals surface area (Å²) < 4.78 is 7.07. The van der Waals surface area contributed by atoms with Gasteiger partial charge in [-0.05, 0) is 58.1 Å². The molecule has 0 spiro atoms. The Hall–Kier alpha value is -2.63. The van der Waals surface area contributed by atoms with Crippen molar-refractivity contribution in [3.05, 3.63) is 46.8 Å². The lowest BCUT2D eigenvalue weighted by Gasteiger charge is -2.31. The fourth-order valence-corrected chi connectivity index (χ4v) is 4.08. The van der Waals surface area contributed by atoms with Gasteiger partial charge in [0.15, 0.2) is 0 Å². The van der Waals surface area contributed by atoms with Crippen molar-refractivity contribution in [2.24, 2.45) is 11.8 Å². The van der Waals surface area contributed by atoms with E-state index in [1.165, 1.54) is 5.56 Å². The second kappa shape index (κ2) is 9.45. The zero-order valence-electron chi connectivity index (χ0n) is 18.8. The number of benzene rings is 1. The number of ether oxygens (including phenoxy) is 1. The molecule has 6 heteroatoms. The molecule has 0 radical (unpaired) electrons. The minimum Gasteiger partial charge on any atom is -0.466 e. The first-order chi connectivity index (χ1) is 14.3. The molecule has 1 fully saturated rings. The van der Waals surface area contributed by atoms with E-state index in [0.717, 1.165) is 36.3 Å². The lowest BCUT2D eigenvalue weighted by molar-refractivity contribution is -0.149. The van der Waals surface area contributed by atoms with E-state index in [-0.39, 0.29) is 17.8 Å². The third-order valence-corrected chi connectivity index (χ3v) is 5.61. The first-order valence-electron chi connectivity index (χ1n) is 10.9. The molecule has 3 rings (SSSR count). The smallest absolute Gasteiger partial charge is 0.310 e. The van der Waals surface area contributed by atoms with Crippen LogP contribution in [0.5, 0.6) is 0 Å². The van der Waals surface area contributed by atoms with E-state index >= 15 is 0 Å². The monoisotopic (exact) mass is 411 g/mol. The maximum absolute atomic E-state index is 13.6. The Morgan fingerprint density at radius 3 is 2.53 bits per heavy atom. The van der Waals surface area contributed by atoms with Crippen LogP contribution in [-0.4, -0.2) is 46.3 Å². The van der Waals surface area contributed by atoms with E-state index in [9.17, 15) is 9.59 Å². The van der Waals surface area contributed by atoms with E-state index in [4.69, 9.17) is 9.84 Å². The minimum atomic E-state index is -0.247. The fourth-order valence-electron chi connectivity index (χ4n) is 4.08. The van der Waals surface area contributed by atoms with Crippen LogP contribution in [0.2, 0.25) is 0 Å². The SMILES string of the molecule is CCOC(=O)C1CCCN(C(=O)c2c(CC(C)C)nn(-c3ccc(C)cc3)c2C)C1. The van der Waals surface area contributed by atoms with Gasteiger partial charge >= 0.3 is 5.97 Å².